The van der Waals surface area contributed by atoms with Crippen molar-refractivity contribution >= 4 is 17.3 Å². The number of carboxylic acid groups (broad SMARTS) is 1. The molecule has 0 radical (unpaired) electrons. The Kier molecular flexibility index (Phi) is 3.50. The lowest BCUT2D eigenvalue weighted by Crippen LogP contribution is -2.25. The van der Waals surface area contributed by atoms with Crippen LogP contribution >= 0.6 is 0 Å². The molecule has 1 heterocycles. The normalized spacial score (nSPS) is 17.2. The minimum atomic E-state index is -1.15. The molecule has 0 aromatic heterocycles. The number of benzene rings is 1. The summed E-state index contributed by atoms with van der Waals surface area (Å²) in [7, 11) is 0. The number of carbonyl (C=O) groups is 1. The lowest BCUT2D eigenvalue weighted by molar-refractivity contribution is -0.384. The first-order valence-electron chi connectivity index (χ1n) is 5.95. The van der Waals surface area contributed by atoms with Crippen LogP contribution in [0.5, 0.6) is 0 Å². The van der Waals surface area contributed by atoms with E-state index in [1.807, 2.05) is 0 Å². The van der Waals surface area contributed by atoms with Gasteiger partial charge in [0.1, 0.15) is 5.69 Å². The fourth-order valence-electron chi connectivity index (χ4n) is 2.30. The smallest absolute Gasteiger partial charge is 0.335 e. The number of aryl methyl sites for hydroxylation is 1. The standard InChI is InChI=1S/C13H14N2O4/c1-2-3-10-5-4-8-6-9(13(16)17)7-11(15(18)19)12(8)14-10/h2,6-7,10,14H,1,3-5H2,(H,16,17)/t10-/m1/s1. The van der Waals surface area contributed by atoms with Crippen molar-refractivity contribution in [2.24, 2.45) is 0 Å². The summed E-state index contributed by atoms with van der Waals surface area (Å²) >= 11 is 0. The van der Waals surface area contributed by atoms with E-state index < -0.39 is 10.9 Å². The van der Waals surface area contributed by atoms with Crippen LogP contribution < -0.4 is 5.32 Å². The van der Waals surface area contributed by atoms with Crippen LogP contribution in [0.4, 0.5) is 11.4 Å². The summed E-state index contributed by atoms with van der Waals surface area (Å²) in [5, 5.41) is 23.1. The van der Waals surface area contributed by atoms with Crippen molar-refractivity contribution in [3.63, 3.8) is 0 Å². The zero-order valence-corrected chi connectivity index (χ0v) is 10.3. The van der Waals surface area contributed by atoms with Crippen molar-refractivity contribution in [3.8, 4) is 0 Å². The lowest BCUT2D eigenvalue weighted by Gasteiger charge is -2.26. The van der Waals surface area contributed by atoms with E-state index in [2.05, 4.69) is 11.9 Å². The Morgan fingerprint density at radius 1 is 1.63 bits per heavy atom. The summed E-state index contributed by atoms with van der Waals surface area (Å²) in [6, 6.07) is 2.71. The van der Waals surface area contributed by atoms with Gasteiger partial charge >= 0.3 is 5.97 Å². The molecule has 0 fully saturated rings. The number of nitro benzene ring substituents is 1. The Morgan fingerprint density at radius 2 is 2.37 bits per heavy atom. The molecule has 1 aliphatic heterocycles. The second-order valence-electron chi connectivity index (χ2n) is 4.50. The highest BCUT2D eigenvalue weighted by Gasteiger charge is 2.27. The summed E-state index contributed by atoms with van der Waals surface area (Å²) < 4.78 is 0. The number of nitrogens with one attached hydrogen (secondary N) is 1. The molecule has 100 valence electrons. The van der Waals surface area contributed by atoms with Crippen LogP contribution in [-0.4, -0.2) is 22.0 Å². The minimum Gasteiger partial charge on any atom is -0.478 e. The molecule has 0 amide bonds. The van der Waals surface area contributed by atoms with Gasteiger partial charge in [0.05, 0.1) is 10.5 Å². The van der Waals surface area contributed by atoms with Gasteiger partial charge in [0.2, 0.25) is 0 Å². The third-order valence-electron chi connectivity index (χ3n) is 3.20. The first-order chi connectivity index (χ1) is 9.02. The van der Waals surface area contributed by atoms with Gasteiger partial charge in [0.15, 0.2) is 0 Å². The maximum absolute atomic E-state index is 11.1. The van der Waals surface area contributed by atoms with E-state index in [-0.39, 0.29) is 17.3 Å². The number of nitrogens with zero attached hydrogens (tertiary/aromatic N) is 1. The Morgan fingerprint density at radius 3 is 2.95 bits per heavy atom. The Labute approximate surface area is 109 Å². The molecule has 6 nitrogen and oxygen atoms in total. The van der Waals surface area contributed by atoms with Gasteiger partial charge in [-0.15, -0.1) is 6.58 Å². The predicted molar refractivity (Wildman–Crippen MR) is 70.6 cm³/mol. The number of hydrogen-bond acceptors (Lipinski definition) is 4. The van der Waals surface area contributed by atoms with Crippen LogP contribution in [0, 0.1) is 10.1 Å². The van der Waals surface area contributed by atoms with Crippen LogP contribution in [-0.2, 0) is 6.42 Å². The molecule has 2 rings (SSSR count). The summed E-state index contributed by atoms with van der Waals surface area (Å²) in [5.74, 6) is -1.15. The highest BCUT2D eigenvalue weighted by Crippen LogP contribution is 2.35. The van der Waals surface area contributed by atoms with Crippen LogP contribution in [0.3, 0.4) is 0 Å². The second kappa shape index (κ2) is 5.09. The van der Waals surface area contributed by atoms with Crippen LogP contribution in [0.25, 0.3) is 0 Å². The van der Waals surface area contributed by atoms with Crippen molar-refractivity contribution < 1.29 is 14.8 Å². The molecule has 0 unspecified atom stereocenters. The average Bonchev–Trinajstić information content (AvgIpc) is 2.37. The molecule has 19 heavy (non-hydrogen) atoms. The molecule has 6 heteroatoms. The molecule has 0 spiro atoms. The summed E-state index contributed by atoms with van der Waals surface area (Å²) in [6.07, 6.45) is 3.92. The van der Waals surface area contributed by atoms with E-state index in [9.17, 15) is 14.9 Å². The summed E-state index contributed by atoms with van der Waals surface area (Å²) in [4.78, 5) is 21.5. The molecular formula is C13H14N2O4. The number of aromatic carboxylic acids is 1. The lowest BCUT2D eigenvalue weighted by atomic mass is 9.94. The van der Waals surface area contributed by atoms with Gasteiger partial charge in [-0.3, -0.25) is 10.1 Å². The zero-order chi connectivity index (χ0) is 14.0. The molecule has 1 atom stereocenters. The van der Waals surface area contributed by atoms with E-state index in [1.165, 1.54) is 6.07 Å². The molecule has 0 bridgehead atoms. The zero-order valence-electron chi connectivity index (χ0n) is 10.3. The molecule has 1 aromatic rings. The van der Waals surface area contributed by atoms with E-state index >= 15 is 0 Å². The molecule has 0 saturated heterocycles. The molecule has 0 aliphatic carbocycles. The predicted octanol–water partition coefficient (Wildman–Crippen LogP) is 2.60. The first-order valence-corrected chi connectivity index (χ1v) is 5.95. The Hall–Kier alpha value is -2.37. The molecule has 1 aliphatic rings. The van der Waals surface area contributed by atoms with Crippen molar-refractivity contribution in [2.45, 2.75) is 25.3 Å². The van der Waals surface area contributed by atoms with E-state index in [4.69, 9.17) is 5.11 Å². The number of carboxylic acids is 1. The monoisotopic (exact) mass is 262 g/mol. The Bertz CT molecular complexity index is 554. The number of nitro groups is 1. The van der Waals surface area contributed by atoms with Gasteiger partial charge in [-0.1, -0.05) is 6.08 Å². The van der Waals surface area contributed by atoms with Gasteiger partial charge in [0.25, 0.3) is 5.69 Å². The van der Waals surface area contributed by atoms with Gasteiger partial charge in [-0.05, 0) is 30.9 Å². The third-order valence-corrected chi connectivity index (χ3v) is 3.20. The summed E-state index contributed by atoms with van der Waals surface area (Å²) in [6.45, 7) is 3.65. The summed E-state index contributed by atoms with van der Waals surface area (Å²) in [5.41, 5.74) is 0.901. The van der Waals surface area contributed by atoms with Crippen molar-refractivity contribution in [1.82, 2.24) is 0 Å². The van der Waals surface area contributed by atoms with Gasteiger partial charge in [0, 0.05) is 12.1 Å². The number of hydrogen-bond donors (Lipinski definition) is 2. The fourth-order valence-corrected chi connectivity index (χ4v) is 2.30. The fraction of sp³-hybridized carbons (Fsp3) is 0.308. The topological polar surface area (TPSA) is 92.5 Å². The largest absolute Gasteiger partial charge is 0.478 e. The van der Waals surface area contributed by atoms with Crippen LogP contribution in [0.15, 0.2) is 24.8 Å². The number of fused-ring (bicyclic) bond motifs is 1. The SMILES string of the molecule is C=CC[C@@H]1CCc2cc(C(=O)O)cc([N+](=O)[O-])c2N1. The second-order valence-corrected chi connectivity index (χ2v) is 4.50. The molecule has 2 N–H and O–H groups in total. The van der Waals surface area contributed by atoms with Crippen molar-refractivity contribution in [3.05, 3.63) is 46.0 Å². The van der Waals surface area contributed by atoms with Gasteiger partial charge in [-0.2, -0.15) is 0 Å². The van der Waals surface area contributed by atoms with E-state index in [1.54, 1.807) is 6.08 Å². The highest BCUT2D eigenvalue weighted by atomic mass is 16.6. The highest BCUT2D eigenvalue weighted by molar-refractivity contribution is 5.90. The molecule has 0 saturated carbocycles. The number of anilines is 1. The van der Waals surface area contributed by atoms with E-state index in [0.29, 0.717) is 17.7 Å². The maximum Gasteiger partial charge on any atom is 0.335 e. The van der Waals surface area contributed by atoms with Crippen molar-refractivity contribution in [2.75, 3.05) is 5.32 Å². The quantitative estimate of drug-likeness (QED) is 0.494. The number of rotatable bonds is 4. The molecular weight excluding hydrogens is 248 g/mol. The maximum atomic E-state index is 11.1. The Balaban J connectivity index is 2.47. The van der Waals surface area contributed by atoms with Gasteiger partial charge in [-0.25, -0.2) is 4.79 Å². The van der Waals surface area contributed by atoms with Crippen molar-refractivity contribution in [1.29, 1.82) is 0 Å². The van der Waals surface area contributed by atoms with Crippen LogP contribution in [0.1, 0.15) is 28.8 Å². The van der Waals surface area contributed by atoms with Gasteiger partial charge < -0.3 is 10.4 Å². The van der Waals surface area contributed by atoms with Crippen LogP contribution in [0.2, 0.25) is 0 Å². The van der Waals surface area contributed by atoms with E-state index in [0.717, 1.165) is 18.9 Å². The third kappa shape index (κ3) is 2.57. The minimum absolute atomic E-state index is 0.0468. The first kappa shape index (κ1) is 13.1. The molecule has 1 aromatic carbocycles. The average molecular weight is 262 g/mol.